The van der Waals surface area contributed by atoms with Crippen LogP contribution in [0.2, 0.25) is 5.15 Å². The van der Waals surface area contributed by atoms with Crippen LogP contribution in [0.5, 0.6) is 0 Å². The molecular weight excluding hydrogens is 271 g/mol. The summed E-state index contributed by atoms with van der Waals surface area (Å²) in [6.45, 7) is -0.176. The normalized spacial score (nSPS) is 10.2. The molecule has 6 heteroatoms. The molecule has 0 saturated heterocycles. The van der Waals surface area contributed by atoms with Crippen LogP contribution in [-0.2, 0) is 11.3 Å². The number of hydrogen-bond acceptors (Lipinski definition) is 4. The van der Waals surface area contributed by atoms with Crippen LogP contribution >= 0.6 is 11.6 Å². The van der Waals surface area contributed by atoms with E-state index in [1.807, 2.05) is 0 Å². The molecule has 19 heavy (non-hydrogen) atoms. The third-order valence-corrected chi connectivity index (χ3v) is 2.64. The van der Waals surface area contributed by atoms with Gasteiger partial charge >= 0.3 is 5.97 Å². The van der Waals surface area contributed by atoms with Crippen molar-refractivity contribution < 1.29 is 13.9 Å². The summed E-state index contributed by atoms with van der Waals surface area (Å²) < 4.78 is 18.3. The second kappa shape index (κ2) is 5.67. The van der Waals surface area contributed by atoms with Crippen molar-refractivity contribution in [3.63, 3.8) is 0 Å². The number of aromatic nitrogens is 1. The number of pyridine rings is 1. The third-order valence-electron chi connectivity index (χ3n) is 2.44. The van der Waals surface area contributed by atoms with Gasteiger partial charge in [-0.1, -0.05) is 29.8 Å². The zero-order valence-corrected chi connectivity index (χ0v) is 10.5. The van der Waals surface area contributed by atoms with Crippen molar-refractivity contribution in [1.29, 1.82) is 0 Å². The molecule has 4 nitrogen and oxygen atoms in total. The molecule has 0 amide bonds. The zero-order chi connectivity index (χ0) is 13.8. The summed E-state index contributed by atoms with van der Waals surface area (Å²) in [6, 6.07) is 7.35. The first-order chi connectivity index (χ1) is 9.08. The Balaban J connectivity index is 2.10. The first-order valence-corrected chi connectivity index (χ1v) is 5.77. The SMILES string of the molecule is Nc1cnc(Cl)cc1C(=O)OCc1ccccc1F. The van der Waals surface area contributed by atoms with Gasteiger partial charge in [-0.15, -0.1) is 0 Å². The van der Waals surface area contributed by atoms with Gasteiger partial charge in [-0.05, 0) is 12.1 Å². The van der Waals surface area contributed by atoms with Gasteiger partial charge in [0, 0.05) is 5.56 Å². The minimum Gasteiger partial charge on any atom is -0.457 e. The molecule has 0 spiro atoms. The van der Waals surface area contributed by atoms with Crippen molar-refractivity contribution in [3.05, 3.63) is 58.6 Å². The van der Waals surface area contributed by atoms with Gasteiger partial charge in [-0.25, -0.2) is 14.2 Å². The van der Waals surface area contributed by atoms with Gasteiger partial charge < -0.3 is 10.5 Å². The van der Waals surface area contributed by atoms with Crippen molar-refractivity contribution in [3.8, 4) is 0 Å². The molecule has 1 aromatic carbocycles. The Kier molecular flexibility index (Phi) is 3.97. The number of ether oxygens (including phenoxy) is 1. The van der Waals surface area contributed by atoms with E-state index in [-0.39, 0.29) is 28.6 Å². The summed E-state index contributed by atoms with van der Waals surface area (Å²) in [5.74, 6) is -1.11. The molecule has 2 aromatic rings. The minimum atomic E-state index is -0.676. The van der Waals surface area contributed by atoms with Gasteiger partial charge in [-0.3, -0.25) is 0 Å². The van der Waals surface area contributed by atoms with Crippen molar-refractivity contribution in [2.45, 2.75) is 6.61 Å². The van der Waals surface area contributed by atoms with E-state index in [1.54, 1.807) is 12.1 Å². The number of rotatable bonds is 3. The number of halogens is 2. The Morgan fingerprint density at radius 3 is 2.89 bits per heavy atom. The summed E-state index contributed by atoms with van der Waals surface area (Å²) in [4.78, 5) is 15.5. The van der Waals surface area contributed by atoms with E-state index < -0.39 is 11.8 Å². The first kappa shape index (κ1) is 13.3. The number of carbonyl (C=O) groups is 1. The van der Waals surface area contributed by atoms with E-state index in [9.17, 15) is 9.18 Å². The fourth-order valence-electron chi connectivity index (χ4n) is 1.45. The predicted molar refractivity (Wildman–Crippen MR) is 69.2 cm³/mol. The summed E-state index contributed by atoms with van der Waals surface area (Å²) in [6.07, 6.45) is 1.27. The highest BCUT2D eigenvalue weighted by atomic mass is 35.5. The summed E-state index contributed by atoms with van der Waals surface area (Å²) in [5, 5.41) is 0.132. The van der Waals surface area contributed by atoms with Crippen molar-refractivity contribution in [2.75, 3.05) is 5.73 Å². The largest absolute Gasteiger partial charge is 0.457 e. The average Bonchev–Trinajstić information content (AvgIpc) is 2.40. The lowest BCUT2D eigenvalue weighted by atomic mass is 10.2. The third kappa shape index (κ3) is 3.20. The fraction of sp³-hybridized carbons (Fsp3) is 0.0769. The quantitative estimate of drug-likeness (QED) is 0.693. The molecule has 0 bridgehead atoms. The molecule has 0 atom stereocenters. The number of esters is 1. The van der Waals surface area contributed by atoms with Gasteiger partial charge in [0.25, 0.3) is 0 Å². The topological polar surface area (TPSA) is 65.2 Å². The maximum atomic E-state index is 13.3. The van der Waals surface area contributed by atoms with E-state index in [2.05, 4.69) is 4.98 Å². The van der Waals surface area contributed by atoms with Crippen molar-refractivity contribution in [2.24, 2.45) is 0 Å². The Bertz CT molecular complexity index is 619. The van der Waals surface area contributed by atoms with E-state index in [1.165, 1.54) is 24.4 Å². The van der Waals surface area contributed by atoms with Crippen LogP contribution in [0.4, 0.5) is 10.1 Å². The second-order valence-electron chi connectivity index (χ2n) is 3.76. The van der Waals surface area contributed by atoms with Crippen molar-refractivity contribution >= 4 is 23.3 Å². The zero-order valence-electron chi connectivity index (χ0n) is 9.77. The van der Waals surface area contributed by atoms with Crippen LogP contribution in [0.3, 0.4) is 0 Å². The van der Waals surface area contributed by atoms with Gasteiger partial charge in [0.1, 0.15) is 17.6 Å². The molecule has 0 aliphatic heterocycles. The average molecular weight is 281 g/mol. The summed E-state index contributed by atoms with van der Waals surface area (Å²) in [7, 11) is 0. The minimum absolute atomic E-state index is 0.108. The number of anilines is 1. The van der Waals surface area contributed by atoms with Crippen LogP contribution in [0, 0.1) is 5.82 Å². The highest BCUT2D eigenvalue weighted by Crippen LogP contribution is 2.17. The molecular formula is C13H10ClFN2O2. The molecule has 0 unspecified atom stereocenters. The Labute approximate surface area is 114 Å². The molecule has 0 aliphatic rings. The number of benzene rings is 1. The maximum absolute atomic E-state index is 13.3. The molecule has 2 N–H and O–H groups in total. The molecule has 0 aliphatic carbocycles. The van der Waals surface area contributed by atoms with Gasteiger partial charge in [0.2, 0.25) is 0 Å². The molecule has 98 valence electrons. The number of carbonyl (C=O) groups excluding carboxylic acids is 1. The number of nitrogens with two attached hydrogens (primary N) is 1. The molecule has 0 radical (unpaired) electrons. The summed E-state index contributed by atoms with van der Waals surface area (Å²) in [5.41, 5.74) is 6.14. The maximum Gasteiger partial charge on any atom is 0.340 e. The standard InChI is InChI=1S/C13H10ClFN2O2/c14-12-5-9(11(16)6-17-12)13(18)19-7-8-3-1-2-4-10(8)15/h1-6H,7,16H2. The van der Waals surface area contributed by atoms with Crippen LogP contribution < -0.4 is 5.73 Å². The molecule has 2 rings (SSSR count). The summed E-state index contributed by atoms with van der Waals surface area (Å²) >= 11 is 5.67. The lowest BCUT2D eigenvalue weighted by Gasteiger charge is -2.07. The van der Waals surface area contributed by atoms with Crippen LogP contribution in [-0.4, -0.2) is 11.0 Å². The van der Waals surface area contributed by atoms with E-state index >= 15 is 0 Å². The Morgan fingerprint density at radius 2 is 2.16 bits per heavy atom. The molecule has 1 heterocycles. The smallest absolute Gasteiger partial charge is 0.340 e. The molecule has 0 saturated carbocycles. The first-order valence-electron chi connectivity index (χ1n) is 5.39. The molecule has 0 fully saturated rings. The van der Waals surface area contributed by atoms with E-state index in [4.69, 9.17) is 22.1 Å². The Morgan fingerprint density at radius 1 is 1.42 bits per heavy atom. The van der Waals surface area contributed by atoms with E-state index in [0.717, 1.165) is 0 Å². The predicted octanol–water partition coefficient (Wildman–Crippen LogP) is 2.81. The van der Waals surface area contributed by atoms with Gasteiger partial charge in [0.05, 0.1) is 17.4 Å². The van der Waals surface area contributed by atoms with E-state index in [0.29, 0.717) is 0 Å². The lowest BCUT2D eigenvalue weighted by molar-refractivity contribution is 0.0470. The Hall–Kier alpha value is -2.14. The molecule has 1 aromatic heterocycles. The number of nitrogen functional groups attached to an aromatic ring is 1. The van der Waals surface area contributed by atoms with Crippen LogP contribution in [0.25, 0.3) is 0 Å². The monoisotopic (exact) mass is 280 g/mol. The highest BCUT2D eigenvalue weighted by molar-refractivity contribution is 6.29. The lowest BCUT2D eigenvalue weighted by Crippen LogP contribution is -2.09. The second-order valence-corrected chi connectivity index (χ2v) is 4.15. The van der Waals surface area contributed by atoms with Gasteiger partial charge in [0.15, 0.2) is 0 Å². The number of hydrogen-bond donors (Lipinski definition) is 1. The number of nitrogens with zero attached hydrogens (tertiary/aromatic N) is 1. The highest BCUT2D eigenvalue weighted by Gasteiger charge is 2.13. The van der Waals surface area contributed by atoms with Crippen molar-refractivity contribution in [1.82, 2.24) is 4.98 Å². The van der Waals surface area contributed by atoms with Crippen LogP contribution in [0.1, 0.15) is 15.9 Å². The fourth-order valence-corrected chi connectivity index (χ4v) is 1.61. The van der Waals surface area contributed by atoms with Gasteiger partial charge in [-0.2, -0.15) is 0 Å². The van der Waals surface area contributed by atoms with Crippen LogP contribution in [0.15, 0.2) is 36.5 Å².